The Labute approximate surface area is 154 Å². The standard InChI is InChI=1S/C18H24N4O3S/c1-13-14(2)16(7-6-15(13)25-3)26(23,24)20-12-17-19-9-8-18(21-17)22-10-4-5-11-22/h6-9,20H,4-5,10-12H2,1-3H3. The highest BCUT2D eigenvalue weighted by Gasteiger charge is 2.20. The van der Waals surface area contributed by atoms with Crippen molar-refractivity contribution in [3.05, 3.63) is 41.3 Å². The fraction of sp³-hybridized carbons (Fsp3) is 0.444. The molecule has 2 aromatic rings. The fourth-order valence-corrected chi connectivity index (χ4v) is 4.39. The quantitative estimate of drug-likeness (QED) is 0.832. The van der Waals surface area contributed by atoms with Gasteiger partial charge in [-0.15, -0.1) is 0 Å². The zero-order chi connectivity index (χ0) is 18.7. The zero-order valence-electron chi connectivity index (χ0n) is 15.3. The second-order valence-corrected chi connectivity index (χ2v) is 8.10. The van der Waals surface area contributed by atoms with Gasteiger partial charge in [0, 0.05) is 19.3 Å². The Hall–Kier alpha value is -2.19. The molecule has 140 valence electrons. The van der Waals surface area contributed by atoms with E-state index >= 15 is 0 Å². The molecular weight excluding hydrogens is 352 g/mol. The predicted molar refractivity (Wildman–Crippen MR) is 100.0 cm³/mol. The van der Waals surface area contributed by atoms with Gasteiger partial charge in [-0.1, -0.05) is 0 Å². The molecule has 0 aliphatic carbocycles. The lowest BCUT2D eigenvalue weighted by molar-refractivity contribution is 0.410. The molecule has 0 spiro atoms. The van der Waals surface area contributed by atoms with Crippen LogP contribution in [-0.4, -0.2) is 38.6 Å². The Bertz CT molecular complexity index is 893. The molecule has 0 amide bonds. The summed E-state index contributed by atoms with van der Waals surface area (Å²) in [5.74, 6) is 1.98. The minimum absolute atomic E-state index is 0.0501. The first-order valence-corrected chi connectivity index (χ1v) is 10.1. The SMILES string of the molecule is COc1ccc(S(=O)(=O)NCc2nccc(N3CCCC3)n2)c(C)c1C. The van der Waals surface area contributed by atoms with E-state index in [4.69, 9.17) is 4.74 Å². The molecule has 26 heavy (non-hydrogen) atoms. The number of rotatable bonds is 6. The summed E-state index contributed by atoms with van der Waals surface area (Å²) < 4.78 is 33.3. The lowest BCUT2D eigenvalue weighted by Gasteiger charge is -2.17. The fourth-order valence-electron chi connectivity index (χ4n) is 3.12. The molecular formula is C18H24N4O3S. The van der Waals surface area contributed by atoms with Gasteiger partial charge in [-0.2, -0.15) is 0 Å². The third-order valence-electron chi connectivity index (χ3n) is 4.74. The minimum Gasteiger partial charge on any atom is -0.496 e. The molecule has 7 nitrogen and oxygen atoms in total. The van der Waals surface area contributed by atoms with Gasteiger partial charge in [-0.05, 0) is 56.0 Å². The molecule has 2 heterocycles. The summed E-state index contributed by atoms with van der Waals surface area (Å²) in [7, 11) is -2.10. The summed E-state index contributed by atoms with van der Waals surface area (Å²) in [5, 5.41) is 0. The lowest BCUT2D eigenvalue weighted by Crippen LogP contribution is -2.26. The van der Waals surface area contributed by atoms with Gasteiger partial charge in [0.25, 0.3) is 0 Å². The van der Waals surface area contributed by atoms with Crippen molar-refractivity contribution >= 4 is 15.8 Å². The Morgan fingerprint density at radius 1 is 1.15 bits per heavy atom. The van der Waals surface area contributed by atoms with Gasteiger partial charge in [0.15, 0.2) is 0 Å². The van der Waals surface area contributed by atoms with Gasteiger partial charge >= 0.3 is 0 Å². The number of nitrogens with zero attached hydrogens (tertiary/aromatic N) is 3. The van der Waals surface area contributed by atoms with Crippen molar-refractivity contribution < 1.29 is 13.2 Å². The van der Waals surface area contributed by atoms with E-state index in [0.29, 0.717) is 17.1 Å². The summed E-state index contributed by atoms with van der Waals surface area (Å²) in [6.45, 7) is 5.63. The van der Waals surface area contributed by atoms with Crippen molar-refractivity contribution in [1.29, 1.82) is 0 Å². The zero-order valence-corrected chi connectivity index (χ0v) is 16.1. The van der Waals surface area contributed by atoms with E-state index in [1.165, 1.54) is 0 Å². The molecule has 0 bridgehead atoms. The van der Waals surface area contributed by atoms with E-state index in [1.807, 2.05) is 13.0 Å². The van der Waals surface area contributed by atoms with E-state index in [2.05, 4.69) is 19.6 Å². The first-order valence-electron chi connectivity index (χ1n) is 8.63. The molecule has 1 aliphatic heterocycles. The average Bonchev–Trinajstić information content (AvgIpc) is 3.17. The molecule has 1 aromatic carbocycles. The van der Waals surface area contributed by atoms with E-state index in [1.54, 1.807) is 32.4 Å². The monoisotopic (exact) mass is 376 g/mol. The van der Waals surface area contributed by atoms with Crippen LogP contribution in [0.25, 0.3) is 0 Å². The van der Waals surface area contributed by atoms with E-state index in [9.17, 15) is 8.42 Å². The summed E-state index contributed by atoms with van der Waals surface area (Å²) >= 11 is 0. The Balaban J connectivity index is 1.77. The maximum atomic E-state index is 12.7. The second-order valence-electron chi connectivity index (χ2n) is 6.37. The van der Waals surface area contributed by atoms with E-state index in [-0.39, 0.29) is 11.4 Å². The van der Waals surface area contributed by atoms with E-state index < -0.39 is 10.0 Å². The topological polar surface area (TPSA) is 84.4 Å². The van der Waals surface area contributed by atoms with Gasteiger partial charge < -0.3 is 9.64 Å². The molecule has 1 aromatic heterocycles. The van der Waals surface area contributed by atoms with Crippen molar-refractivity contribution in [2.45, 2.75) is 38.1 Å². The van der Waals surface area contributed by atoms with Crippen LogP contribution >= 0.6 is 0 Å². The van der Waals surface area contributed by atoms with Crippen LogP contribution < -0.4 is 14.4 Å². The Morgan fingerprint density at radius 3 is 2.58 bits per heavy atom. The molecule has 0 saturated carbocycles. The number of methoxy groups -OCH3 is 1. The minimum atomic E-state index is -3.67. The van der Waals surface area contributed by atoms with Crippen LogP contribution in [0.15, 0.2) is 29.3 Å². The molecule has 1 fully saturated rings. The number of anilines is 1. The van der Waals surface area contributed by atoms with Crippen LogP contribution in [0, 0.1) is 13.8 Å². The second kappa shape index (κ2) is 7.59. The summed E-state index contributed by atoms with van der Waals surface area (Å²) in [4.78, 5) is 11.1. The number of benzene rings is 1. The smallest absolute Gasteiger partial charge is 0.241 e. The maximum Gasteiger partial charge on any atom is 0.241 e. The van der Waals surface area contributed by atoms with Crippen LogP contribution in [0.3, 0.4) is 0 Å². The third kappa shape index (κ3) is 3.81. The van der Waals surface area contributed by atoms with Gasteiger partial charge in [0.2, 0.25) is 10.0 Å². The maximum absolute atomic E-state index is 12.7. The normalized spacial score (nSPS) is 14.7. The highest BCUT2D eigenvalue weighted by Crippen LogP contribution is 2.26. The first-order chi connectivity index (χ1) is 12.4. The van der Waals surface area contributed by atoms with E-state index in [0.717, 1.165) is 37.3 Å². The van der Waals surface area contributed by atoms with Crippen molar-refractivity contribution in [2.24, 2.45) is 0 Å². The van der Waals surface area contributed by atoms with Crippen molar-refractivity contribution in [2.75, 3.05) is 25.1 Å². The number of aromatic nitrogens is 2. The molecule has 1 N–H and O–H groups in total. The molecule has 3 rings (SSSR count). The van der Waals surface area contributed by atoms with Gasteiger partial charge in [0.1, 0.15) is 17.4 Å². The van der Waals surface area contributed by atoms with Crippen LogP contribution in [0.4, 0.5) is 5.82 Å². The molecule has 1 saturated heterocycles. The lowest BCUT2D eigenvalue weighted by atomic mass is 10.1. The molecule has 1 aliphatic rings. The van der Waals surface area contributed by atoms with Crippen molar-refractivity contribution in [3.8, 4) is 5.75 Å². The number of hydrogen-bond acceptors (Lipinski definition) is 6. The van der Waals surface area contributed by atoms with Crippen LogP contribution in [0.5, 0.6) is 5.75 Å². The molecule has 8 heteroatoms. The summed E-state index contributed by atoms with van der Waals surface area (Å²) in [5.41, 5.74) is 1.48. The van der Waals surface area contributed by atoms with Crippen LogP contribution in [-0.2, 0) is 16.6 Å². The van der Waals surface area contributed by atoms with Crippen molar-refractivity contribution in [3.63, 3.8) is 0 Å². The van der Waals surface area contributed by atoms with Crippen LogP contribution in [0.2, 0.25) is 0 Å². The van der Waals surface area contributed by atoms with Gasteiger partial charge in [-0.25, -0.2) is 23.1 Å². The Morgan fingerprint density at radius 2 is 1.88 bits per heavy atom. The molecule has 0 radical (unpaired) electrons. The summed E-state index contributed by atoms with van der Waals surface area (Å²) in [6.07, 6.45) is 3.98. The average molecular weight is 376 g/mol. The predicted octanol–water partition coefficient (Wildman–Crippen LogP) is 2.18. The van der Waals surface area contributed by atoms with Crippen LogP contribution in [0.1, 0.15) is 29.8 Å². The number of sulfonamides is 1. The Kier molecular flexibility index (Phi) is 5.43. The van der Waals surface area contributed by atoms with Gasteiger partial charge in [0.05, 0.1) is 18.6 Å². The number of nitrogens with one attached hydrogen (secondary N) is 1. The summed E-state index contributed by atoms with van der Waals surface area (Å²) in [6, 6.07) is 5.09. The molecule has 0 atom stereocenters. The largest absolute Gasteiger partial charge is 0.496 e. The third-order valence-corrected chi connectivity index (χ3v) is 6.28. The van der Waals surface area contributed by atoms with Gasteiger partial charge in [-0.3, -0.25) is 0 Å². The highest BCUT2D eigenvalue weighted by molar-refractivity contribution is 7.89. The van der Waals surface area contributed by atoms with Crippen molar-refractivity contribution in [1.82, 2.24) is 14.7 Å². The first kappa shape index (κ1) is 18.6. The number of hydrogen-bond donors (Lipinski definition) is 1. The molecule has 0 unspecified atom stereocenters. The highest BCUT2D eigenvalue weighted by atomic mass is 32.2. The number of ether oxygens (including phenoxy) is 1.